The topological polar surface area (TPSA) is 66.0 Å². The lowest BCUT2D eigenvalue weighted by atomic mass is 10.1. The molecule has 0 unspecified atom stereocenters. The van der Waals surface area contributed by atoms with Gasteiger partial charge in [-0.1, -0.05) is 18.2 Å². The summed E-state index contributed by atoms with van der Waals surface area (Å²) in [6, 6.07) is 4.08. The molecule has 7 heteroatoms. The number of nitrogens with zero attached hydrogens (tertiary/aromatic N) is 1. The van der Waals surface area contributed by atoms with Crippen molar-refractivity contribution in [2.45, 2.75) is 12.6 Å². The smallest absolute Gasteiger partial charge is 0.433 e. The monoisotopic (exact) mass is 244 g/mol. The van der Waals surface area contributed by atoms with Crippen LogP contribution in [0.4, 0.5) is 13.2 Å². The third-order valence-corrected chi connectivity index (χ3v) is 2.29. The van der Waals surface area contributed by atoms with E-state index >= 15 is 0 Å². The van der Waals surface area contributed by atoms with Crippen LogP contribution in [-0.4, -0.2) is 21.3 Å². The average molecular weight is 244 g/mol. The molecule has 0 aliphatic rings. The SMILES string of the molecule is O=C(O)Cc1cccc2c(C(F)(F)F)[nH]nc12. The van der Waals surface area contributed by atoms with Crippen molar-refractivity contribution in [3.63, 3.8) is 0 Å². The second kappa shape index (κ2) is 3.76. The maximum absolute atomic E-state index is 12.6. The molecule has 1 aromatic carbocycles. The van der Waals surface area contributed by atoms with Crippen LogP contribution in [0.2, 0.25) is 0 Å². The highest BCUT2D eigenvalue weighted by atomic mass is 19.4. The van der Waals surface area contributed by atoms with E-state index < -0.39 is 17.8 Å². The first-order valence-corrected chi connectivity index (χ1v) is 4.64. The zero-order valence-corrected chi connectivity index (χ0v) is 8.38. The highest BCUT2D eigenvalue weighted by Crippen LogP contribution is 2.33. The molecule has 1 aromatic heterocycles. The normalized spacial score (nSPS) is 11.9. The fourth-order valence-electron chi connectivity index (χ4n) is 1.62. The summed E-state index contributed by atoms with van der Waals surface area (Å²) in [5, 5.41) is 13.9. The van der Waals surface area contributed by atoms with Crippen LogP contribution >= 0.6 is 0 Å². The molecule has 17 heavy (non-hydrogen) atoms. The van der Waals surface area contributed by atoms with Gasteiger partial charge in [0, 0.05) is 5.39 Å². The standard InChI is InChI=1S/C10H7F3N2O2/c11-10(12,13)9-6-3-1-2-5(4-7(16)17)8(6)14-15-9/h1-3H,4H2,(H,14,15)(H,16,17). The second-order valence-electron chi connectivity index (χ2n) is 3.48. The molecule has 0 fully saturated rings. The molecular formula is C10H7F3N2O2. The molecule has 0 saturated carbocycles. The first-order chi connectivity index (χ1) is 7.89. The van der Waals surface area contributed by atoms with Gasteiger partial charge in [0.1, 0.15) is 5.69 Å². The summed E-state index contributed by atoms with van der Waals surface area (Å²) in [6.07, 6.45) is -4.89. The number of carbonyl (C=O) groups is 1. The lowest BCUT2D eigenvalue weighted by Gasteiger charge is -2.03. The van der Waals surface area contributed by atoms with Gasteiger partial charge in [-0.2, -0.15) is 18.3 Å². The Morgan fingerprint density at radius 2 is 2.12 bits per heavy atom. The predicted octanol–water partition coefficient (Wildman–Crippen LogP) is 2.21. The van der Waals surface area contributed by atoms with E-state index in [1.54, 1.807) is 0 Å². The average Bonchev–Trinajstić information content (AvgIpc) is 2.60. The van der Waals surface area contributed by atoms with Gasteiger partial charge in [0.15, 0.2) is 0 Å². The first-order valence-electron chi connectivity index (χ1n) is 4.64. The van der Waals surface area contributed by atoms with Crippen molar-refractivity contribution in [2.75, 3.05) is 0 Å². The van der Waals surface area contributed by atoms with Gasteiger partial charge in [-0.3, -0.25) is 9.89 Å². The number of aromatic amines is 1. The van der Waals surface area contributed by atoms with E-state index in [1.165, 1.54) is 18.2 Å². The summed E-state index contributed by atoms with van der Waals surface area (Å²) in [7, 11) is 0. The van der Waals surface area contributed by atoms with Gasteiger partial charge in [-0.25, -0.2) is 0 Å². The third-order valence-electron chi connectivity index (χ3n) is 2.29. The lowest BCUT2D eigenvalue weighted by molar-refractivity contribution is -0.140. The number of hydrogen-bond donors (Lipinski definition) is 2. The van der Waals surface area contributed by atoms with Crippen LogP contribution in [0.25, 0.3) is 10.9 Å². The molecule has 1 heterocycles. The van der Waals surface area contributed by atoms with Gasteiger partial charge in [0.05, 0.1) is 11.9 Å². The van der Waals surface area contributed by atoms with Crippen molar-refractivity contribution in [3.05, 3.63) is 29.5 Å². The highest BCUT2D eigenvalue weighted by Gasteiger charge is 2.35. The Balaban J connectivity index is 2.61. The minimum Gasteiger partial charge on any atom is -0.481 e. The van der Waals surface area contributed by atoms with Crippen LogP contribution in [0.5, 0.6) is 0 Å². The quantitative estimate of drug-likeness (QED) is 0.851. The molecule has 0 bridgehead atoms. The Hall–Kier alpha value is -2.05. The predicted molar refractivity (Wildman–Crippen MR) is 52.4 cm³/mol. The number of para-hydroxylation sites is 1. The maximum Gasteiger partial charge on any atom is 0.433 e. The molecule has 4 nitrogen and oxygen atoms in total. The Labute approximate surface area is 93.1 Å². The number of hydrogen-bond acceptors (Lipinski definition) is 2. The van der Waals surface area contributed by atoms with E-state index in [2.05, 4.69) is 5.10 Å². The highest BCUT2D eigenvalue weighted by molar-refractivity contribution is 5.87. The van der Waals surface area contributed by atoms with Gasteiger partial charge in [0.2, 0.25) is 0 Å². The molecule has 0 spiro atoms. The number of H-pyrrole nitrogens is 1. The Morgan fingerprint density at radius 1 is 1.41 bits per heavy atom. The summed E-state index contributed by atoms with van der Waals surface area (Å²) >= 11 is 0. The van der Waals surface area contributed by atoms with Crippen LogP contribution in [-0.2, 0) is 17.4 Å². The number of alkyl halides is 3. The summed E-state index contributed by atoms with van der Waals surface area (Å²) in [6.45, 7) is 0. The molecule has 0 amide bonds. The van der Waals surface area contributed by atoms with Gasteiger partial charge < -0.3 is 5.11 Å². The van der Waals surface area contributed by atoms with E-state index in [0.29, 0.717) is 0 Å². The number of aliphatic carboxylic acids is 1. The molecule has 0 saturated heterocycles. The maximum atomic E-state index is 12.6. The van der Waals surface area contributed by atoms with Crippen LogP contribution in [0.15, 0.2) is 18.2 Å². The van der Waals surface area contributed by atoms with Crippen LogP contribution in [0.1, 0.15) is 11.3 Å². The summed E-state index contributed by atoms with van der Waals surface area (Å²) in [5.41, 5.74) is -0.663. The van der Waals surface area contributed by atoms with Crippen molar-refractivity contribution >= 4 is 16.9 Å². The third kappa shape index (κ3) is 2.08. The van der Waals surface area contributed by atoms with Crippen LogP contribution < -0.4 is 0 Å². The minimum atomic E-state index is -4.53. The fraction of sp³-hybridized carbons (Fsp3) is 0.200. The van der Waals surface area contributed by atoms with Gasteiger partial charge in [-0.15, -0.1) is 0 Å². The van der Waals surface area contributed by atoms with Gasteiger partial charge in [0.25, 0.3) is 0 Å². The lowest BCUT2D eigenvalue weighted by Crippen LogP contribution is -2.05. The van der Waals surface area contributed by atoms with E-state index in [0.717, 1.165) is 0 Å². The minimum absolute atomic E-state index is 0.0437. The summed E-state index contributed by atoms with van der Waals surface area (Å²) in [4.78, 5) is 10.6. The molecule has 90 valence electrons. The number of rotatable bonds is 2. The largest absolute Gasteiger partial charge is 0.481 e. The Bertz CT molecular complexity index is 574. The van der Waals surface area contributed by atoms with Crippen molar-refractivity contribution < 1.29 is 23.1 Å². The summed E-state index contributed by atoms with van der Waals surface area (Å²) in [5.74, 6) is -1.12. The number of carboxylic acid groups (broad SMARTS) is 1. The fourth-order valence-corrected chi connectivity index (χ4v) is 1.62. The van der Waals surface area contributed by atoms with Crippen molar-refractivity contribution in [1.82, 2.24) is 10.2 Å². The number of halogens is 3. The van der Waals surface area contributed by atoms with Crippen molar-refractivity contribution in [1.29, 1.82) is 0 Å². The number of carboxylic acids is 1. The molecule has 2 aromatic rings. The second-order valence-corrected chi connectivity index (χ2v) is 3.48. The molecule has 0 aliphatic heterocycles. The molecule has 2 N–H and O–H groups in total. The Morgan fingerprint density at radius 3 is 2.71 bits per heavy atom. The molecule has 0 aliphatic carbocycles. The van der Waals surface area contributed by atoms with Gasteiger partial charge >= 0.3 is 12.1 Å². The number of nitrogens with one attached hydrogen (secondary N) is 1. The van der Waals surface area contributed by atoms with E-state index in [1.807, 2.05) is 5.10 Å². The molecule has 2 rings (SSSR count). The van der Waals surface area contributed by atoms with E-state index in [4.69, 9.17) is 5.11 Å². The zero-order chi connectivity index (χ0) is 12.6. The van der Waals surface area contributed by atoms with Gasteiger partial charge in [-0.05, 0) is 5.56 Å². The summed E-state index contributed by atoms with van der Waals surface area (Å²) < 4.78 is 37.7. The first kappa shape index (κ1) is 11.4. The number of aromatic nitrogens is 2. The van der Waals surface area contributed by atoms with Crippen molar-refractivity contribution in [3.8, 4) is 0 Å². The van der Waals surface area contributed by atoms with Crippen LogP contribution in [0.3, 0.4) is 0 Å². The molecular weight excluding hydrogens is 237 g/mol. The number of fused-ring (bicyclic) bond motifs is 1. The molecule has 0 atom stereocenters. The van der Waals surface area contributed by atoms with E-state index in [-0.39, 0.29) is 22.9 Å². The zero-order valence-electron chi connectivity index (χ0n) is 8.38. The van der Waals surface area contributed by atoms with Crippen molar-refractivity contribution in [2.24, 2.45) is 0 Å². The van der Waals surface area contributed by atoms with Crippen LogP contribution in [0, 0.1) is 0 Å². The van der Waals surface area contributed by atoms with E-state index in [9.17, 15) is 18.0 Å². The number of benzene rings is 1. The Kier molecular flexibility index (Phi) is 2.53. The molecule has 0 radical (unpaired) electrons.